The molecule has 8 nitrogen and oxygen atoms in total. The average Bonchev–Trinajstić information content (AvgIpc) is 2.61. The summed E-state index contributed by atoms with van der Waals surface area (Å²) in [5.41, 5.74) is 0.0727. The standard InChI is InChI=1S/C21H32N2O6/c1-13(2)16(19(26)29-21(4,5)6)22-18(25)17(14(3)24)23-20(27)28-12-15-10-8-7-9-11-15/h7-11,13-14,16-17,24H,12H2,1-6H3,(H,22,25)(H,23,27)/t14-,16-,17-/m1/s1. The van der Waals surface area contributed by atoms with Crippen LogP contribution in [0.5, 0.6) is 0 Å². The van der Waals surface area contributed by atoms with E-state index < -0.39 is 41.8 Å². The molecule has 0 heterocycles. The molecule has 1 rings (SSSR count). The molecule has 0 fully saturated rings. The summed E-state index contributed by atoms with van der Waals surface area (Å²) < 4.78 is 10.4. The fraction of sp³-hybridized carbons (Fsp3) is 0.571. The average molecular weight is 408 g/mol. The molecule has 0 spiro atoms. The van der Waals surface area contributed by atoms with Crippen molar-refractivity contribution in [2.45, 2.75) is 71.9 Å². The van der Waals surface area contributed by atoms with Crippen LogP contribution in [0.2, 0.25) is 0 Å². The third kappa shape index (κ3) is 8.95. The van der Waals surface area contributed by atoms with Crippen molar-refractivity contribution < 1.29 is 29.0 Å². The lowest BCUT2D eigenvalue weighted by molar-refractivity contribution is -0.160. The Morgan fingerprint density at radius 1 is 1.00 bits per heavy atom. The number of aliphatic hydroxyl groups excluding tert-OH is 1. The summed E-state index contributed by atoms with van der Waals surface area (Å²) in [6.07, 6.45) is -2.06. The van der Waals surface area contributed by atoms with Crippen LogP contribution in [0.3, 0.4) is 0 Å². The van der Waals surface area contributed by atoms with Crippen molar-refractivity contribution in [3.05, 3.63) is 35.9 Å². The van der Waals surface area contributed by atoms with Gasteiger partial charge >= 0.3 is 12.1 Å². The number of esters is 1. The van der Waals surface area contributed by atoms with Crippen molar-refractivity contribution in [1.29, 1.82) is 0 Å². The van der Waals surface area contributed by atoms with Crippen LogP contribution >= 0.6 is 0 Å². The number of aliphatic hydroxyl groups is 1. The number of ether oxygens (including phenoxy) is 2. The fourth-order valence-corrected chi connectivity index (χ4v) is 2.40. The molecule has 0 aromatic heterocycles. The van der Waals surface area contributed by atoms with Crippen LogP contribution in [0, 0.1) is 5.92 Å². The van der Waals surface area contributed by atoms with Crippen LogP contribution in [-0.2, 0) is 25.7 Å². The van der Waals surface area contributed by atoms with Gasteiger partial charge in [-0.25, -0.2) is 9.59 Å². The van der Waals surface area contributed by atoms with Crippen molar-refractivity contribution in [1.82, 2.24) is 10.6 Å². The van der Waals surface area contributed by atoms with Gasteiger partial charge in [0.15, 0.2) is 0 Å². The molecule has 162 valence electrons. The lowest BCUT2D eigenvalue weighted by Gasteiger charge is -2.28. The molecule has 0 aliphatic rings. The Morgan fingerprint density at radius 2 is 1.59 bits per heavy atom. The summed E-state index contributed by atoms with van der Waals surface area (Å²) in [7, 11) is 0. The first-order valence-electron chi connectivity index (χ1n) is 9.59. The number of benzene rings is 1. The molecule has 0 unspecified atom stereocenters. The molecule has 0 saturated heterocycles. The van der Waals surface area contributed by atoms with E-state index in [2.05, 4.69) is 10.6 Å². The number of carbonyl (C=O) groups excluding carboxylic acids is 3. The predicted molar refractivity (Wildman–Crippen MR) is 108 cm³/mol. The number of alkyl carbamates (subject to hydrolysis) is 1. The maximum absolute atomic E-state index is 12.6. The van der Waals surface area contributed by atoms with E-state index in [1.807, 2.05) is 18.2 Å². The third-order valence-electron chi connectivity index (χ3n) is 3.88. The highest BCUT2D eigenvalue weighted by Gasteiger charge is 2.33. The van der Waals surface area contributed by atoms with Gasteiger partial charge in [-0.2, -0.15) is 0 Å². The first kappa shape index (κ1) is 24.4. The van der Waals surface area contributed by atoms with E-state index in [0.29, 0.717) is 0 Å². The van der Waals surface area contributed by atoms with Crippen molar-refractivity contribution in [3.8, 4) is 0 Å². The lowest BCUT2D eigenvalue weighted by atomic mass is 10.0. The topological polar surface area (TPSA) is 114 Å². The minimum Gasteiger partial charge on any atom is -0.458 e. The van der Waals surface area contributed by atoms with E-state index in [9.17, 15) is 19.5 Å². The van der Waals surface area contributed by atoms with Gasteiger partial charge in [0, 0.05) is 0 Å². The van der Waals surface area contributed by atoms with Crippen LogP contribution in [0.25, 0.3) is 0 Å². The number of carbonyl (C=O) groups is 3. The highest BCUT2D eigenvalue weighted by atomic mass is 16.6. The quantitative estimate of drug-likeness (QED) is 0.568. The normalized spacial score (nSPS) is 14.5. The zero-order valence-electron chi connectivity index (χ0n) is 17.9. The summed E-state index contributed by atoms with van der Waals surface area (Å²) in [5, 5.41) is 14.8. The molecule has 2 amide bonds. The number of rotatable bonds is 8. The van der Waals surface area contributed by atoms with Gasteiger partial charge in [0.05, 0.1) is 6.10 Å². The van der Waals surface area contributed by atoms with Crippen molar-refractivity contribution >= 4 is 18.0 Å². The first-order valence-corrected chi connectivity index (χ1v) is 9.59. The molecular formula is C21H32N2O6. The van der Waals surface area contributed by atoms with E-state index >= 15 is 0 Å². The van der Waals surface area contributed by atoms with Crippen LogP contribution < -0.4 is 10.6 Å². The first-order chi connectivity index (χ1) is 13.4. The second-order valence-electron chi connectivity index (χ2n) is 8.19. The highest BCUT2D eigenvalue weighted by molar-refractivity contribution is 5.90. The van der Waals surface area contributed by atoms with E-state index in [4.69, 9.17) is 9.47 Å². The summed E-state index contributed by atoms with van der Waals surface area (Å²) in [5.74, 6) is -1.55. The summed E-state index contributed by atoms with van der Waals surface area (Å²) in [6, 6.07) is 6.83. The van der Waals surface area contributed by atoms with E-state index in [1.54, 1.807) is 46.8 Å². The maximum Gasteiger partial charge on any atom is 0.408 e. The minimum absolute atomic E-state index is 0.0212. The highest BCUT2D eigenvalue weighted by Crippen LogP contribution is 2.13. The minimum atomic E-state index is -1.29. The zero-order chi connectivity index (χ0) is 22.2. The molecule has 8 heteroatoms. The molecule has 1 aromatic rings. The van der Waals surface area contributed by atoms with Gasteiger partial charge in [0.25, 0.3) is 0 Å². The third-order valence-corrected chi connectivity index (χ3v) is 3.88. The summed E-state index contributed by atoms with van der Waals surface area (Å²) >= 11 is 0. The Bertz CT molecular complexity index is 682. The molecule has 1 aromatic carbocycles. The molecule has 0 radical (unpaired) electrons. The van der Waals surface area contributed by atoms with Gasteiger partial charge in [-0.15, -0.1) is 0 Å². The van der Waals surface area contributed by atoms with Gasteiger partial charge in [-0.05, 0) is 39.2 Å². The Balaban J connectivity index is 2.74. The predicted octanol–water partition coefficient (Wildman–Crippen LogP) is 2.14. The van der Waals surface area contributed by atoms with Crippen molar-refractivity contribution in [3.63, 3.8) is 0 Å². The fourth-order valence-electron chi connectivity index (χ4n) is 2.40. The number of amides is 2. The zero-order valence-corrected chi connectivity index (χ0v) is 17.9. The summed E-state index contributed by atoms with van der Waals surface area (Å²) in [4.78, 5) is 37.1. The number of nitrogens with one attached hydrogen (secondary N) is 2. The number of hydrogen-bond donors (Lipinski definition) is 3. The molecule has 3 atom stereocenters. The van der Waals surface area contributed by atoms with Gasteiger partial charge < -0.3 is 25.2 Å². The van der Waals surface area contributed by atoms with Crippen LogP contribution in [0.15, 0.2) is 30.3 Å². The van der Waals surface area contributed by atoms with Crippen LogP contribution in [-0.4, -0.2) is 46.9 Å². The van der Waals surface area contributed by atoms with E-state index in [-0.39, 0.29) is 12.5 Å². The molecule has 0 aliphatic heterocycles. The molecule has 0 bridgehead atoms. The molecule has 3 N–H and O–H groups in total. The monoisotopic (exact) mass is 408 g/mol. The summed E-state index contributed by atoms with van der Waals surface area (Å²) in [6.45, 7) is 10.1. The second kappa shape index (κ2) is 10.8. The van der Waals surface area contributed by atoms with Crippen LogP contribution in [0.1, 0.15) is 47.1 Å². The Hall–Kier alpha value is -2.61. The smallest absolute Gasteiger partial charge is 0.408 e. The largest absolute Gasteiger partial charge is 0.458 e. The van der Waals surface area contributed by atoms with E-state index in [1.165, 1.54) is 6.92 Å². The Kier molecular flexibility index (Phi) is 9.10. The van der Waals surface area contributed by atoms with Crippen molar-refractivity contribution in [2.75, 3.05) is 0 Å². The lowest BCUT2D eigenvalue weighted by Crippen LogP contribution is -2.57. The Labute approximate surface area is 172 Å². The van der Waals surface area contributed by atoms with E-state index in [0.717, 1.165) is 5.56 Å². The molecule has 29 heavy (non-hydrogen) atoms. The SMILES string of the molecule is CC(C)[C@@H](NC(=O)[C@H](NC(=O)OCc1ccccc1)[C@@H](C)O)C(=O)OC(C)(C)C. The second-order valence-corrected chi connectivity index (χ2v) is 8.19. The van der Waals surface area contributed by atoms with Gasteiger partial charge in [-0.1, -0.05) is 44.2 Å². The van der Waals surface area contributed by atoms with Gasteiger partial charge in [0.2, 0.25) is 5.91 Å². The molecular weight excluding hydrogens is 376 g/mol. The Morgan fingerprint density at radius 3 is 2.07 bits per heavy atom. The van der Waals surface area contributed by atoms with Crippen LogP contribution in [0.4, 0.5) is 4.79 Å². The van der Waals surface area contributed by atoms with Crippen molar-refractivity contribution in [2.24, 2.45) is 5.92 Å². The molecule has 0 aliphatic carbocycles. The van der Waals surface area contributed by atoms with Gasteiger partial charge in [-0.3, -0.25) is 4.79 Å². The van der Waals surface area contributed by atoms with Gasteiger partial charge in [0.1, 0.15) is 24.3 Å². The number of hydrogen-bond acceptors (Lipinski definition) is 6. The molecule has 0 saturated carbocycles. The maximum atomic E-state index is 12.6.